The Bertz CT molecular complexity index is 1050. The van der Waals surface area contributed by atoms with E-state index in [1.165, 1.54) is 7.11 Å². The Morgan fingerprint density at radius 3 is 2.76 bits per heavy atom. The third-order valence-electron chi connectivity index (χ3n) is 4.91. The molecule has 0 aliphatic carbocycles. The van der Waals surface area contributed by atoms with Gasteiger partial charge in [0.25, 0.3) is 5.91 Å². The van der Waals surface area contributed by atoms with Gasteiger partial charge in [-0.05, 0) is 41.3 Å². The van der Waals surface area contributed by atoms with Crippen molar-refractivity contribution < 1.29 is 14.3 Å². The molecule has 1 aromatic heterocycles. The number of thiophene rings is 1. The van der Waals surface area contributed by atoms with E-state index in [-0.39, 0.29) is 24.3 Å². The van der Waals surface area contributed by atoms with Crippen LogP contribution in [0.3, 0.4) is 0 Å². The molecule has 1 aliphatic heterocycles. The van der Waals surface area contributed by atoms with Crippen molar-refractivity contribution in [2.45, 2.75) is 19.0 Å². The van der Waals surface area contributed by atoms with Crippen LogP contribution in [-0.4, -0.2) is 23.8 Å². The first kappa shape index (κ1) is 19.5. The lowest BCUT2D eigenvalue weighted by Gasteiger charge is -2.26. The number of methoxy groups -OCH3 is 1. The molecule has 2 aromatic carbocycles. The van der Waals surface area contributed by atoms with Crippen molar-refractivity contribution >= 4 is 40.4 Å². The van der Waals surface area contributed by atoms with Crippen LogP contribution in [0.5, 0.6) is 5.75 Å². The van der Waals surface area contributed by atoms with Gasteiger partial charge in [0.05, 0.1) is 24.6 Å². The van der Waals surface area contributed by atoms with E-state index in [2.05, 4.69) is 5.32 Å². The second kappa shape index (κ2) is 8.27. The Hall–Kier alpha value is -2.83. The van der Waals surface area contributed by atoms with Crippen LogP contribution >= 0.6 is 22.9 Å². The van der Waals surface area contributed by atoms with Crippen molar-refractivity contribution in [3.05, 3.63) is 81.0 Å². The Morgan fingerprint density at radius 1 is 1.24 bits per heavy atom. The van der Waals surface area contributed by atoms with E-state index >= 15 is 0 Å². The first-order valence-corrected chi connectivity index (χ1v) is 10.4. The quantitative estimate of drug-likeness (QED) is 0.594. The second-order valence-electron chi connectivity index (χ2n) is 6.72. The van der Waals surface area contributed by atoms with Crippen molar-refractivity contribution in [3.63, 3.8) is 0 Å². The fourth-order valence-corrected chi connectivity index (χ4v) is 4.60. The molecule has 7 heteroatoms. The minimum absolute atomic E-state index is 0.0423. The van der Waals surface area contributed by atoms with Gasteiger partial charge in [-0.25, -0.2) is 0 Å². The fourth-order valence-electron chi connectivity index (χ4n) is 3.51. The van der Waals surface area contributed by atoms with Gasteiger partial charge in [0.2, 0.25) is 5.91 Å². The lowest BCUT2D eigenvalue weighted by atomic mass is 10.1. The van der Waals surface area contributed by atoms with Crippen LogP contribution in [0.1, 0.15) is 33.3 Å². The number of fused-ring (bicyclic) bond motifs is 1. The molecule has 1 aliphatic rings. The number of anilines is 1. The van der Waals surface area contributed by atoms with E-state index < -0.39 is 0 Å². The van der Waals surface area contributed by atoms with Gasteiger partial charge in [0.1, 0.15) is 5.75 Å². The summed E-state index contributed by atoms with van der Waals surface area (Å²) in [5.74, 6) is 0.314. The molecule has 0 spiro atoms. The third-order valence-corrected chi connectivity index (χ3v) is 6.18. The summed E-state index contributed by atoms with van der Waals surface area (Å²) < 4.78 is 5.14. The molecule has 1 unspecified atom stereocenters. The van der Waals surface area contributed by atoms with Gasteiger partial charge < -0.3 is 15.0 Å². The molecule has 0 saturated heterocycles. The van der Waals surface area contributed by atoms with Crippen molar-refractivity contribution in [1.29, 1.82) is 0 Å². The van der Waals surface area contributed by atoms with E-state index in [0.717, 1.165) is 10.4 Å². The number of carbonyl (C=O) groups excluding carboxylic acids is 2. The highest BCUT2D eigenvalue weighted by Crippen LogP contribution is 2.36. The van der Waals surface area contributed by atoms with Gasteiger partial charge in [-0.3, -0.25) is 9.59 Å². The van der Waals surface area contributed by atoms with E-state index in [1.54, 1.807) is 34.4 Å². The average Bonchev–Trinajstić information content (AvgIpc) is 3.35. The summed E-state index contributed by atoms with van der Waals surface area (Å²) >= 11 is 7.69. The molecule has 0 radical (unpaired) electrons. The molecule has 2 amide bonds. The number of nitrogens with one attached hydrogen (secondary N) is 1. The molecule has 148 valence electrons. The SMILES string of the molecule is COc1ccc(NC(=O)CC(c2cccs2)N2Cc3ccccc3C2=O)cc1Cl. The minimum Gasteiger partial charge on any atom is -0.495 e. The highest BCUT2D eigenvalue weighted by Gasteiger charge is 2.34. The molecule has 5 nitrogen and oxygen atoms in total. The molecule has 29 heavy (non-hydrogen) atoms. The molecule has 4 rings (SSSR count). The first-order chi connectivity index (χ1) is 14.1. The van der Waals surface area contributed by atoms with Gasteiger partial charge in [0, 0.05) is 22.7 Å². The van der Waals surface area contributed by atoms with Crippen molar-refractivity contribution in [2.24, 2.45) is 0 Å². The maximum atomic E-state index is 13.0. The molecule has 3 aromatic rings. The summed E-state index contributed by atoms with van der Waals surface area (Å²) in [5, 5.41) is 5.25. The molecule has 2 heterocycles. The summed E-state index contributed by atoms with van der Waals surface area (Å²) in [6, 6.07) is 16.2. The van der Waals surface area contributed by atoms with Gasteiger partial charge in [-0.1, -0.05) is 35.9 Å². The largest absolute Gasteiger partial charge is 0.495 e. The smallest absolute Gasteiger partial charge is 0.255 e. The summed E-state index contributed by atoms with van der Waals surface area (Å²) in [6.07, 6.45) is 0.157. The molecule has 0 bridgehead atoms. The molecular formula is C22H19ClN2O3S. The van der Waals surface area contributed by atoms with Crippen molar-refractivity contribution in [2.75, 3.05) is 12.4 Å². The normalized spacial score (nSPS) is 13.9. The Morgan fingerprint density at radius 2 is 2.07 bits per heavy atom. The number of ether oxygens (including phenoxy) is 1. The zero-order chi connectivity index (χ0) is 20.4. The number of benzene rings is 2. The summed E-state index contributed by atoms with van der Waals surface area (Å²) in [7, 11) is 1.54. The van der Waals surface area contributed by atoms with Gasteiger partial charge in [-0.2, -0.15) is 0 Å². The molecule has 1 atom stereocenters. The highest BCUT2D eigenvalue weighted by molar-refractivity contribution is 7.10. The lowest BCUT2D eigenvalue weighted by molar-refractivity contribution is -0.117. The lowest BCUT2D eigenvalue weighted by Crippen LogP contribution is -2.31. The first-order valence-electron chi connectivity index (χ1n) is 9.12. The van der Waals surface area contributed by atoms with Crippen molar-refractivity contribution in [1.82, 2.24) is 4.90 Å². The van der Waals surface area contributed by atoms with Gasteiger partial charge in [-0.15, -0.1) is 11.3 Å². The summed E-state index contributed by atoms with van der Waals surface area (Å²) in [6.45, 7) is 0.499. The number of halogens is 1. The predicted octanol–water partition coefficient (Wildman–Crippen LogP) is 5.14. The number of nitrogens with zero attached hydrogens (tertiary/aromatic N) is 1. The Kier molecular flexibility index (Phi) is 5.56. The van der Waals surface area contributed by atoms with Crippen LogP contribution in [0.25, 0.3) is 0 Å². The van der Waals surface area contributed by atoms with Crippen LogP contribution in [0.2, 0.25) is 5.02 Å². The maximum absolute atomic E-state index is 13.0. The summed E-state index contributed by atoms with van der Waals surface area (Å²) in [5.41, 5.74) is 2.28. The topological polar surface area (TPSA) is 58.6 Å². The summed E-state index contributed by atoms with van der Waals surface area (Å²) in [4.78, 5) is 28.5. The number of hydrogen-bond acceptors (Lipinski definition) is 4. The van der Waals surface area contributed by atoms with Crippen LogP contribution in [0, 0.1) is 0 Å². The molecule has 0 fully saturated rings. The van der Waals surface area contributed by atoms with Gasteiger partial charge in [0.15, 0.2) is 0 Å². The third kappa shape index (κ3) is 3.99. The monoisotopic (exact) mass is 426 g/mol. The van der Waals surface area contributed by atoms with E-state index in [9.17, 15) is 9.59 Å². The zero-order valence-corrected chi connectivity index (χ0v) is 17.3. The number of carbonyl (C=O) groups is 2. The number of hydrogen-bond donors (Lipinski definition) is 1. The Labute approximate surface area is 177 Å². The second-order valence-corrected chi connectivity index (χ2v) is 8.11. The highest BCUT2D eigenvalue weighted by atomic mass is 35.5. The number of amides is 2. The van der Waals surface area contributed by atoms with E-state index in [0.29, 0.717) is 28.6 Å². The maximum Gasteiger partial charge on any atom is 0.255 e. The van der Waals surface area contributed by atoms with Crippen LogP contribution < -0.4 is 10.1 Å². The number of rotatable bonds is 6. The van der Waals surface area contributed by atoms with Crippen LogP contribution in [0.15, 0.2) is 60.0 Å². The standard InChI is InChI=1S/C22H19ClN2O3S/c1-28-19-9-8-15(11-17(19)23)24-21(26)12-18(20-7-4-10-29-20)25-13-14-5-2-3-6-16(14)22(25)27/h2-11,18H,12-13H2,1H3,(H,24,26). The van der Waals surface area contributed by atoms with Crippen LogP contribution in [0.4, 0.5) is 5.69 Å². The van der Waals surface area contributed by atoms with Crippen LogP contribution in [-0.2, 0) is 11.3 Å². The van der Waals surface area contributed by atoms with Gasteiger partial charge >= 0.3 is 0 Å². The zero-order valence-electron chi connectivity index (χ0n) is 15.7. The minimum atomic E-state index is -0.330. The Balaban J connectivity index is 1.54. The molecular weight excluding hydrogens is 408 g/mol. The fraction of sp³-hybridized carbons (Fsp3) is 0.182. The van der Waals surface area contributed by atoms with Crippen molar-refractivity contribution in [3.8, 4) is 5.75 Å². The average molecular weight is 427 g/mol. The predicted molar refractivity (Wildman–Crippen MR) is 115 cm³/mol. The molecule has 0 saturated carbocycles. The van der Waals surface area contributed by atoms with E-state index in [4.69, 9.17) is 16.3 Å². The van der Waals surface area contributed by atoms with E-state index in [1.807, 2.05) is 41.8 Å². The molecule has 1 N–H and O–H groups in total.